The first-order valence-electron chi connectivity index (χ1n) is 4.90. The first kappa shape index (κ1) is 10.5. The van der Waals surface area contributed by atoms with E-state index in [0.29, 0.717) is 23.2 Å². The quantitative estimate of drug-likeness (QED) is 0.908. The molecule has 6 nitrogen and oxygen atoms in total. The van der Waals surface area contributed by atoms with Crippen LogP contribution in [0.15, 0.2) is 21.1 Å². The summed E-state index contributed by atoms with van der Waals surface area (Å²) < 4.78 is 16.3. The van der Waals surface area contributed by atoms with E-state index in [2.05, 4.69) is 26.1 Å². The lowest BCUT2D eigenvalue weighted by Crippen LogP contribution is -1.95. The molecule has 0 bridgehead atoms. The number of hydrogen-bond acceptors (Lipinski definition) is 6. The van der Waals surface area contributed by atoms with Gasteiger partial charge in [-0.05, 0) is 28.1 Å². The van der Waals surface area contributed by atoms with Gasteiger partial charge in [0.05, 0.1) is 6.54 Å². The van der Waals surface area contributed by atoms with E-state index in [1.807, 2.05) is 6.07 Å². The van der Waals surface area contributed by atoms with Crippen molar-refractivity contribution < 1.29 is 14.0 Å². The molecule has 2 heterocycles. The van der Waals surface area contributed by atoms with Gasteiger partial charge in [0.1, 0.15) is 0 Å². The van der Waals surface area contributed by atoms with Gasteiger partial charge in [-0.1, -0.05) is 5.16 Å². The molecule has 1 aliphatic rings. The van der Waals surface area contributed by atoms with E-state index >= 15 is 0 Å². The van der Waals surface area contributed by atoms with Gasteiger partial charge in [-0.2, -0.15) is 4.98 Å². The number of nitrogens with two attached hydrogens (primary N) is 1. The van der Waals surface area contributed by atoms with Crippen LogP contribution in [0.4, 0.5) is 0 Å². The summed E-state index contributed by atoms with van der Waals surface area (Å²) in [6.07, 6.45) is 0. The maximum Gasteiger partial charge on any atom is 0.240 e. The van der Waals surface area contributed by atoms with E-state index in [1.54, 1.807) is 6.07 Å². The molecule has 0 amide bonds. The fourth-order valence-electron chi connectivity index (χ4n) is 1.54. The number of hydrogen-bond donors (Lipinski definition) is 1. The van der Waals surface area contributed by atoms with Crippen LogP contribution in [0.1, 0.15) is 5.89 Å². The topological polar surface area (TPSA) is 83.4 Å². The maximum atomic E-state index is 5.42. The molecule has 0 fully saturated rings. The molecule has 0 atom stereocenters. The third kappa shape index (κ3) is 1.77. The predicted molar refractivity (Wildman–Crippen MR) is 61.4 cm³/mol. The highest BCUT2D eigenvalue weighted by molar-refractivity contribution is 9.10. The summed E-state index contributed by atoms with van der Waals surface area (Å²) in [5, 5.41) is 3.85. The fourth-order valence-corrected chi connectivity index (χ4v) is 2.04. The lowest BCUT2D eigenvalue weighted by molar-refractivity contribution is 0.174. The number of ether oxygens (including phenoxy) is 2. The molecule has 0 radical (unpaired) electrons. The van der Waals surface area contributed by atoms with Crippen LogP contribution < -0.4 is 15.2 Å². The van der Waals surface area contributed by atoms with Crippen LogP contribution in [0.2, 0.25) is 0 Å². The normalized spacial score (nSPS) is 13.1. The zero-order valence-corrected chi connectivity index (χ0v) is 10.2. The lowest BCUT2D eigenvalue weighted by atomic mass is 10.2. The van der Waals surface area contributed by atoms with Crippen LogP contribution in [-0.4, -0.2) is 16.9 Å². The molecule has 1 aliphatic heterocycles. The molecule has 1 aromatic heterocycles. The van der Waals surface area contributed by atoms with Crippen LogP contribution in [0, 0.1) is 0 Å². The molecule has 7 heteroatoms. The zero-order valence-electron chi connectivity index (χ0n) is 8.64. The van der Waals surface area contributed by atoms with E-state index in [-0.39, 0.29) is 13.3 Å². The van der Waals surface area contributed by atoms with Gasteiger partial charge in [-0.15, -0.1) is 0 Å². The molecule has 2 N–H and O–H groups in total. The van der Waals surface area contributed by atoms with Crippen molar-refractivity contribution >= 4 is 15.9 Å². The highest BCUT2D eigenvalue weighted by Gasteiger charge is 2.19. The molecular formula is C10H8BrN3O3. The first-order chi connectivity index (χ1) is 8.28. The van der Waals surface area contributed by atoms with Gasteiger partial charge in [0.2, 0.25) is 18.5 Å². The van der Waals surface area contributed by atoms with Crippen LogP contribution >= 0.6 is 15.9 Å². The minimum atomic E-state index is 0.217. The number of halogens is 1. The van der Waals surface area contributed by atoms with Gasteiger partial charge in [0.25, 0.3) is 0 Å². The van der Waals surface area contributed by atoms with Gasteiger partial charge < -0.3 is 19.7 Å². The Morgan fingerprint density at radius 1 is 1.29 bits per heavy atom. The highest BCUT2D eigenvalue weighted by Crippen LogP contribution is 2.40. The Morgan fingerprint density at radius 3 is 2.76 bits per heavy atom. The lowest BCUT2D eigenvalue weighted by Gasteiger charge is -2.01. The number of aromatic nitrogens is 2. The van der Waals surface area contributed by atoms with Crippen LogP contribution in [0.3, 0.4) is 0 Å². The average molecular weight is 298 g/mol. The molecule has 1 aromatic carbocycles. The third-order valence-electron chi connectivity index (χ3n) is 2.35. The number of rotatable bonds is 2. The molecular weight excluding hydrogens is 290 g/mol. The molecule has 2 aromatic rings. The Balaban J connectivity index is 2.08. The van der Waals surface area contributed by atoms with Crippen molar-refractivity contribution in [3.8, 4) is 22.9 Å². The van der Waals surface area contributed by atoms with Crippen LogP contribution in [0.25, 0.3) is 11.4 Å². The van der Waals surface area contributed by atoms with Gasteiger partial charge >= 0.3 is 0 Å². The monoisotopic (exact) mass is 297 g/mol. The molecule has 0 aliphatic carbocycles. The number of fused-ring (bicyclic) bond motifs is 1. The van der Waals surface area contributed by atoms with Crippen molar-refractivity contribution in [2.75, 3.05) is 6.79 Å². The van der Waals surface area contributed by atoms with E-state index in [1.165, 1.54) is 0 Å². The summed E-state index contributed by atoms with van der Waals surface area (Å²) in [5.41, 5.74) is 6.19. The van der Waals surface area contributed by atoms with Gasteiger partial charge in [0, 0.05) is 10.0 Å². The number of nitrogens with zero attached hydrogens (tertiary/aromatic N) is 2. The van der Waals surface area contributed by atoms with E-state index < -0.39 is 0 Å². The van der Waals surface area contributed by atoms with Crippen LogP contribution in [0.5, 0.6) is 11.5 Å². The van der Waals surface area contributed by atoms with Crippen molar-refractivity contribution in [3.05, 3.63) is 22.5 Å². The minimum absolute atomic E-state index is 0.217. The second-order valence-corrected chi connectivity index (χ2v) is 4.26. The van der Waals surface area contributed by atoms with Gasteiger partial charge in [-0.3, -0.25) is 0 Å². The zero-order chi connectivity index (χ0) is 11.8. The highest BCUT2D eigenvalue weighted by atomic mass is 79.9. The summed E-state index contributed by atoms with van der Waals surface area (Å²) >= 11 is 3.43. The van der Waals surface area contributed by atoms with E-state index in [4.69, 9.17) is 19.7 Å². The molecule has 0 saturated carbocycles. The summed E-state index contributed by atoms with van der Waals surface area (Å²) in [6.45, 7) is 0.445. The molecule has 0 unspecified atom stereocenters. The largest absolute Gasteiger partial charge is 0.454 e. The molecule has 17 heavy (non-hydrogen) atoms. The minimum Gasteiger partial charge on any atom is -0.454 e. The van der Waals surface area contributed by atoms with Gasteiger partial charge in [0.15, 0.2) is 11.5 Å². The Kier molecular flexibility index (Phi) is 2.49. The van der Waals surface area contributed by atoms with Crippen molar-refractivity contribution in [1.82, 2.24) is 10.1 Å². The maximum absolute atomic E-state index is 5.42. The van der Waals surface area contributed by atoms with E-state index in [9.17, 15) is 0 Å². The summed E-state index contributed by atoms with van der Waals surface area (Å²) in [5.74, 6) is 2.23. The second-order valence-electron chi connectivity index (χ2n) is 3.40. The number of benzene rings is 1. The van der Waals surface area contributed by atoms with Crippen LogP contribution in [-0.2, 0) is 6.54 Å². The molecule has 0 saturated heterocycles. The molecule has 88 valence electrons. The Morgan fingerprint density at radius 2 is 2.06 bits per heavy atom. The molecule has 3 rings (SSSR count). The predicted octanol–water partition coefficient (Wildman–Crippen LogP) is 1.69. The Hall–Kier alpha value is -1.60. The second kappa shape index (κ2) is 4.01. The van der Waals surface area contributed by atoms with Crippen molar-refractivity contribution in [3.63, 3.8) is 0 Å². The van der Waals surface area contributed by atoms with E-state index in [0.717, 1.165) is 10.0 Å². The molecule has 0 spiro atoms. The average Bonchev–Trinajstić information content (AvgIpc) is 2.94. The first-order valence-corrected chi connectivity index (χ1v) is 5.69. The SMILES string of the molecule is NCc1nc(-c2cc3c(cc2Br)OCO3)no1. The van der Waals surface area contributed by atoms with Crippen molar-refractivity contribution in [2.45, 2.75) is 6.54 Å². The third-order valence-corrected chi connectivity index (χ3v) is 3.00. The standard InChI is InChI=1S/C10H8BrN3O3/c11-6-2-8-7(15-4-16-8)1-5(6)10-13-9(3-12)17-14-10/h1-2H,3-4,12H2. The fraction of sp³-hybridized carbons (Fsp3) is 0.200. The summed E-state index contributed by atoms with van der Waals surface area (Å²) in [7, 11) is 0. The smallest absolute Gasteiger partial charge is 0.240 e. The van der Waals surface area contributed by atoms with Crippen molar-refractivity contribution in [1.29, 1.82) is 0 Å². The van der Waals surface area contributed by atoms with Crippen molar-refractivity contribution in [2.24, 2.45) is 5.73 Å². The summed E-state index contributed by atoms with van der Waals surface area (Å²) in [4.78, 5) is 4.16. The summed E-state index contributed by atoms with van der Waals surface area (Å²) in [6, 6.07) is 3.62. The Bertz CT molecular complexity index is 570. The van der Waals surface area contributed by atoms with Gasteiger partial charge in [-0.25, -0.2) is 0 Å². The Labute approximate surface area is 105 Å².